The van der Waals surface area contributed by atoms with Gasteiger partial charge in [-0.1, -0.05) is 29.3 Å². The topological polar surface area (TPSA) is 49.3 Å². The van der Waals surface area contributed by atoms with Crippen LogP contribution in [-0.4, -0.2) is 24.2 Å². The molecule has 0 saturated carbocycles. The molecule has 0 atom stereocenters. The summed E-state index contributed by atoms with van der Waals surface area (Å²) in [5.41, 5.74) is -0.0969. The highest BCUT2D eigenvalue weighted by Crippen LogP contribution is 2.36. The lowest BCUT2D eigenvalue weighted by Crippen LogP contribution is -2.45. The minimum Gasteiger partial charge on any atom is -0.481 e. The summed E-state index contributed by atoms with van der Waals surface area (Å²) in [6.07, 6.45) is 1.14. The molecule has 2 N–H and O–H groups in total. The Morgan fingerprint density at radius 1 is 1.24 bits per heavy atom. The molecule has 0 spiro atoms. The van der Waals surface area contributed by atoms with Gasteiger partial charge in [-0.25, -0.2) is 0 Å². The molecule has 1 heterocycles. The molecule has 0 bridgehead atoms. The maximum Gasteiger partial charge on any atom is 0.314 e. The Bertz CT molecular complexity index is 442. The van der Waals surface area contributed by atoms with Crippen LogP contribution in [0, 0.1) is 0 Å². The molecule has 1 aromatic carbocycles. The third kappa shape index (κ3) is 2.28. The standard InChI is InChI=1S/C12H13Cl2NO2/c13-9-2-1-8(7-10(9)14)12(11(16)17)3-5-15-6-4-12/h1-2,7,15H,3-6H2,(H,16,17). The molecule has 0 aliphatic carbocycles. The number of hydrogen-bond acceptors (Lipinski definition) is 2. The van der Waals surface area contributed by atoms with Crippen molar-refractivity contribution >= 4 is 29.2 Å². The summed E-state index contributed by atoms with van der Waals surface area (Å²) in [5.74, 6) is -0.794. The molecular weight excluding hydrogens is 261 g/mol. The van der Waals surface area contributed by atoms with Crippen LogP contribution in [0.3, 0.4) is 0 Å². The average Bonchev–Trinajstić information content (AvgIpc) is 2.33. The molecule has 1 aliphatic heterocycles. The van der Waals surface area contributed by atoms with Crippen LogP contribution in [0.4, 0.5) is 0 Å². The van der Waals surface area contributed by atoms with Crippen LogP contribution in [-0.2, 0) is 10.2 Å². The largest absolute Gasteiger partial charge is 0.481 e. The Morgan fingerprint density at radius 2 is 1.88 bits per heavy atom. The van der Waals surface area contributed by atoms with E-state index in [1.807, 2.05) is 0 Å². The molecule has 0 radical (unpaired) electrons. The van der Waals surface area contributed by atoms with Crippen LogP contribution in [0.2, 0.25) is 10.0 Å². The number of nitrogens with one attached hydrogen (secondary N) is 1. The summed E-state index contributed by atoms with van der Waals surface area (Å²) < 4.78 is 0. The first kappa shape index (κ1) is 12.7. The van der Waals surface area contributed by atoms with E-state index in [-0.39, 0.29) is 0 Å². The zero-order chi connectivity index (χ0) is 12.5. The molecule has 0 unspecified atom stereocenters. The lowest BCUT2D eigenvalue weighted by molar-refractivity contribution is -0.145. The molecule has 1 aromatic rings. The smallest absolute Gasteiger partial charge is 0.314 e. The number of carbonyl (C=O) groups is 1. The summed E-state index contributed by atoms with van der Waals surface area (Å²) in [4.78, 5) is 11.6. The molecular formula is C12H13Cl2NO2. The number of carboxylic acids is 1. The minimum atomic E-state index is -0.834. The number of benzene rings is 1. The SMILES string of the molecule is O=C(O)C1(c2ccc(Cl)c(Cl)c2)CCNCC1. The van der Waals surface area contributed by atoms with Gasteiger partial charge in [0.1, 0.15) is 0 Å². The average molecular weight is 274 g/mol. The summed E-state index contributed by atoms with van der Waals surface area (Å²) >= 11 is 11.8. The summed E-state index contributed by atoms with van der Waals surface area (Å²) in [7, 11) is 0. The van der Waals surface area contributed by atoms with E-state index in [2.05, 4.69) is 5.32 Å². The molecule has 1 aliphatic rings. The summed E-state index contributed by atoms with van der Waals surface area (Å²) in [5, 5.41) is 13.5. The van der Waals surface area contributed by atoms with Gasteiger partial charge in [-0.3, -0.25) is 4.79 Å². The van der Waals surface area contributed by atoms with E-state index < -0.39 is 11.4 Å². The lowest BCUT2D eigenvalue weighted by atomic mass is 9.73. The second-order valence-corrected chi connectivity index (χ2v) is 5.08. The van der Waals surface area contributed by atoms with E-state index in [0.29, 0.717) is 36.0 Å². The number of rotatable bonds is 2. The Kier molecular flexibility index (Phi) is 3.61. The normalized spacial score (nSPS) is 18.9. The molecule has 2 rings (SSSR count). The minimum absolute atomic E-state index is 0.406. The van der Waals surface area contributed by atoms with Gasteiger partial charge >= 0.3 is 5.97 Å². The third-order valence-electron chi connectivity index (χ3n) is 3.34. The van der Waals surface area contributed by atoms with Crippen LogP contribution in [0.1, 0.15) is 18.4 Å². The van der Waals surface area contributed by atoms with Gasteiger partial charge in [-0.2, -0.15) is 0 Å². The maximum absolute atomic E-state index is 11.6. The highest BCUT2D eigenvalue weighted by atomic mass is 35.5. The van der Waals surface area contributed by atoms with Crippen molar-refractivity contribution in [3.05, 3.63) is 33.8 Å². The van der Waals surface area contributed by atoms with E-state index >= 15 is 0 Å². The van der Waals surface area contributed by atoms with Crippen molar-refractivity contribution < 1.29 is 9.90 Å². The van der Waals surface area contributed by atoms with Gasteiger partial charge in [-0.05, 0) is 43.6 Å². The monoisotopic (exact) mass is 273 g/mol. The van der Waals surface area contributed by atoms with E-state index in [4.69, 9.17) is 23.2 Å². The van der Waals surface area contributed by atoms with E-state index in [9.17, 15) is 9.90 Å². The van der Waals surface area contributed by atoms with Crippen molar-refractivity contribution in [2.24, 2.45) is 0 Å². The molecule has 1 fully saturated rings. The van der Waals surface area contributed by atoms with Gasteiger partial charge < -0.3 is 10.4 Å². The zero-order valence-corrected chi connectivity index (χ0v) is 10.7. The fourth-order valence-electron chi connectivity index (χ4n) is 2.27. The predicted octanol–water partition coefficient (Wildman–Crippen LogP) is 2.70. The van der Waals surface area contributed by atoms with E-state index in [0.717, 1.165) is 5.56 Å². The predicted molar refractivity (Wildman–Crippen MR) is 67.9 cm³/mol. The van der Waals surface area contributed by atoms with Crippen LogP contribution >= 0.6 is 23.2 Å². The first-order valence-corrected chi connectivity index (χ1v) is 6.21. The third-order valence-corrected chi connectivity index (χ3v) is 4.08. The van der Waals surface area contributed by atoms with E-state index in [1.165, 1.54) is 0 Å². The van der Waals surface area contributed by atoms with Crippen LogP contribution in [0.25, 0.3) is 0 Å². The first-order valence-electron chi connectivity index (χ1n) is 5.46. The van der Waals surface area contributed by atoms with Crippen molar-refractivity contribution in [3.63, 3.8) is 0 Å². The highest BCUT2D eigenvalue weighted by molar-refractivity contribution is 6.42. The molecule has 17 heavy (non-hydrogen) atoms. The lowest BCUT2D eigenvalue weighted by Gasteiger charge is -2.34. The fourth-order valence-corrected chi connectivity index (χ4v) is 2.57. The molecule has 3 nitrogen and oxygen atoms in total. The number of halogens is 2. The van der Waals surface area contributed by atoms with Gasteiger partial charge in [0.15, 0.2) is 0 Å². The number of aliphatic carboxylic acids is 1. The zero-order valence-electron chi connectivity index (χ0n) is 9.17. The number of piperidine rings is 1. The highest BCUT2D eigenvalue weighted by Gasteiger charge is 2.41. The Morgan fingerprint density at radius 3 is 2.41 bits per heavy atom. The molecule has 92 valence electrons. The summed E-state index contributed by atoms with van der Waals surface area (Å²) in [6.45, 7) is 1.40. The van der Waals surface area contributed by atoms with Crippen molar-refractivity contribution in [1.82, 2.24) is 5.32 Å². The van der Waals surface area contributed by atoms with E-state index in [1.54, 1.807) is 18.2 Å². The van der Waals surface area contributed by atoms with Crippen molar-refractivity contribution in [1.29, 1.82) is 0 Å². The van der Waals surface area contributed by atoms with Crippen molar-refractivity contribution in [2.75, 3.05) is 13.1 Å². The van der Waals surface area contributed by atoms with Gasteiger partial charge in [0.25, 0.3) is 0 Å². The van der Waals surface area contributed by atoms with Gasteiger partial charge in [0, 0.05) is 0 Å². The quantitative estimate of drug-likeness (QED) is 0.871. The Hall–Kier alpha value is -0.770. The van der Waals surface area contributed by atoms with Gasteiger partial charge in [-0.15, -0.1) is 0 Å². The maximum atomic E-state index is 11.6. The van der Waals surface area contributed by atoms with Crippen LogP contribution < -0.4 is 5.32 Å². The number of carboxylic acid groups (broad SMARTS) is 1. The Balaban J connectivity index is 2.45. The van der Waals surface area contributed by atoms with Gasteiger partial charge in [0.2, 0.25) is 0 Å². The summed E-state index contributed by atoms with van der Waals surface area (Å²) in [6, 6.07) is 5.09. The van der Waals surface area contributed by atoms with Crippen LogP contribution in [0.15, 0.2) is 18.2 Å². The molecule has 5 heteroatoms. The fraction of sp³-hybridized carbons (Fsp3) is 0.417. The second-order valence-electron chi connectivity index (χ2n) is 4.27. The molecule has 1 saturated heterocycles. The van der Waals surface area contributed by atoms with Gasteiger partial charge in [0.05, 0.1) is 15.5 Å². The van der Waals surface area contributed by atoms with Crippen molar-refractivity contribution in [3.8, 4) is 0 Å². The van der Waals surface area contributed by atoms with Crippen molar-refractivity contribution in [2.45, 2.75) is 18.3 Å². The van der Waals surface area contributed by atoms with Crippen LogP contribution in [0.5, 0.6) is 0 Å². The molecule has 0 amide bonds. The first-order chi connectivity index (χ1) is 8.06. The number of hydrogen-bond donors (Lipinski definition) is 2. The second kappa shape index (κ2) is 4.84. The molecule has 0 aromatic heterocycles. The Labute approximate surface area is 110 Å².